The van der Waals surface area contributed by atoms with Crippen molar-refractivity contribution in [2.24, 2.45) is 11.7 Å². The van der Waals surface area contributed by atoms with Crippen LogP contribution in [0.3, 0.4) is 0 Å². The van der Waals surface area contributed by atoms with Gasteiger partial charge < -0.3 is 11.1 Å². The second-order valence-corrected chi connectivity index (χ2v) is 3.99. The molecule has 0 bridgehead atoms. The van der Waals surface area contributed by atoms with Gasteiger partial charge in [0.25, 0.3) is 0 Å². The van der Waals surface area contributed by atoms with E-state index in [9.17, 15) is 4.79 Å². The van der Waals surface area contributed by atoms with Gasteiger partial charge in [-0.1, -0.05) is 12.2 Å². The van der Waals surface area contributed by atoms with Crippen LogP contribution < -0.4 is 11.1 Å². The summed E-state index contributed by atoms with van der Waals surface area (Å²) in [6.07, 6.45) is 4.24. The van der Waals surface area contributed by atoms with Crippen LogP contribution >= 0.6 is 12.2 Å². The molecule has 4 nitrogen and oxygen atoms in total. The predicted molar refractivity (Wildman–Crippen MR) is 66.9 cm³/mol. The van der Waals surface area contributed by atoms with Crippen LogP contribution in [0.4, 0.5) is 0 Å². The first-order chi connectivity index (χ1) is 7.61. The number of nitrogens with zero attached hydrogens (tertiary/aromatic N) is 1. The van der Waals surface area contributed by atoms with Gasteiger partial charge in [-0.25, -0.2) is 0 Å². The van der Waals surface area contributed by atoms with Crippen molar-refractivity contribution in [2.45, 2.75) is 13.3 Å². The van der Waals surface area contributed by atoms with E-state index in [1.54, 1.807) is 19.3 Å². The summed E-state index contributed by atoms with van der Waals surface area (Å²) in [6, 6.07) is 3.84. The Bertz CT molecular complexity index is 367. The van der Waals surface area contributed by atoms with Crippen LogP contribution in [0.1, 0.15) is 12.5 Å². The molecule has 3 N–H and O–H groups in total. The van der Waals surface area contributed by atoms with Gasteiger partial charge in [0.05, 0.1) is 10.9 Å². The zero-order valence-electron chi connectivity index (χ0n) is 9.14. The first-order valence-corrected chi connectivity index (χ1v) is 5.48. The van der Waals surface area contributed by atoms with Crippen molar-refractivity contribution in [1.82, 2.24) is 10.3 Å². The fourth-order valence-corrected chi connectivity index (χ4v) is 1.27. The lowest BCUT2D eigenvalue weighted by Crippen LogP contribution is -2.36. The minimum Gasteiger partial charge on any atom is -0.393 e. The Morgan fingerprint density at radius 2 is 2.19 bits per heavy atom. The number of carbonyl (C=O) groups is 1. The molecule has 0 saturated carbocycles. The van der Waals surface area contributed by atoms with Gasteiger partial charge in [-0.15, -0.1) is 0 Å². The standard InChI is InChI=1S/C11H15N3OS/c1-8(10(12)16)11(15)14-7-4-9-2-5-13-6-3-9/h2-3,5-6,8H,4,7H2,1H3,(H2,12,16)(H,14,15). The normalized spacial score (nSPS) is 11.8. The highest BCUT2D eigenvalue weighted by molar-refractivity contribution is 7.80. The lowest BCUT2D eigenvalue weighted by Gasteiger charge is -2.10. The molecule has 1 atom stereocenters. The molecule has 0 aliphatic rings. The van der Waals surface area contributed by atoms with Crippen LogP contribution in [0.15, 0.2) is 24.5 Å². The summed E-state index contributed by atoms with van der Waals surface area (Å²) in [7, 11) is 0. The highest BCUT2D eigenvalue weighted by atomic mass is 32.1. The number of carbonyl (C=O) groups excluding carboxylic acids is 1. The second kappa shape index (κ2) is 6.17. The van der Waals surface area contributed by atoms with E-state index in [0.717, 1.165) is 12.0 Å². The fourth-order valence-electron chi connectivity index (χ4n) is 1.16. The van der Waals surface area contributed by atoms with E-state index in [-0.39, 0.29) is 10.9 Å². The molecule has 1 amide bonds. The summed E-state index contributed by atoms with van der Waals surface area (Å²) < 4.78 is 0. The van der Waals surface area contributed by atoms with Gasteiger partial charge in [0.1, 0.15) is 0 Å². The number of pyridine rings is 1. The molecule has 0 saturated heterocycles. The molecule has 0 aliphatic carbocycles. The van der Waals surface area contributed by atoms with Gasteiger partial charge in [0, 0.05) is 18.9 Å². The molecule has 5 heteroatoms. The van der Waals surface area contributed by atoms with E-state index in [1.165, 1.54) is 0 Å². The lowest BCUT2D eigenvalue weighted by molar-refractivity contribution is -0.122. The third kappa shape index (κ3) is 3.94. The molecule has 86 valence electrons. The smallest absolute Gasteiger partial charge is 0.229 e. The Kier molecular flexibility index (Phi) is 4.85. The molecule has 0 aliphatic heterocycles. The number of nitrogens with two attached hydrogens (primary N) is 1. The molecule has 16 heavy (non-hydrogen) atoms. The zero-order valence-corrected chi connectivity index (χ0v) is 9.96. The van der Waals surface area contributed by atoms with Crippen LogP contribution in [0.5, 0.6) is 0 Å². The van der Waals surface area contributed by atoms with Crippen LogP contribution in [0.25, 0.3) is 0 Å². The number of rotatable bonds is 5. The summed E-state index contributed by atoms with van der Waals surface area (Å²) >= 11 is 4.75. The summed E-state index contributed by atoms with van der Waals surface area (Å²) in [5.74, 6) is -0.533. The Balaban J connectivity index is 2.31. The van der Waals surface area contributed by atoms with E-state index in [4.69, 9.17) is 18.0 Å². The molecule has 0 spiro atoms. The molecule has 1 aromatic rings. The molecule has 0 aromatic carbocycles. The second-order valence-electron chi connectivity index (χ2n) is 3.52. The summed E-state index contributed by atoms with van der Waals surface area (Å²) in [6.45, 7) is 2.28. The number of hydrogen-bond acceptors (Lipinski definition) is 3. The quantitative estimate of drug-likeness (QED) is 0.738. The Labute approximate surface area is 100 Å². The fraction of sp³-hybridized carbons (Fsp3) is 0.364. The average Bonchev–Trinajstić information content (AvgIpc) is 2.29. The van der Waals surface area contributed by atoms with Crippen molar-refractivity contribution >= 4 is 23.1 Å². The van der Waals surface area contributed by atoms with Crippen LogP contribution in [0.2, 0.25) is 0 Å². The van der Waals surface area contributed by atoms with E-state index in [1.807, 2.05) is 12.1 Å². The van der Waals surface area contributed by atoms with Crippen LogP contribution in [-0.2, 0) is 11.2 Å². The third-order valence-electron chi connectivity index (χ3n) is 2.28. The van der Waals surface area contributed by atoms with E-state index in [2.05, 4.69) is 10.3 Å². The maximum Gasteiger partial charge on any atom is 0.229 e. The van der Waals surface area contributed by atoms with Crippen molar-refractivity contribution in [3.63, 3.8) is 0 Å². The monoisotopic (exact) mass is 237 g/mol. The van der Waals surface area contributed by atoms with E-state index < -0.39 is 5.92 Å². The van der Waals surface area contributed by atoms with Crippen molar-refractivity contribution in [3.8, 4) is 0 Å². The van der Waals surface area contributed by atoms with Crippen molar-refractivity contribution in [1.29, 1.82) is 0 Å². The van der Waals surface area contributed by atoms with Gasteiger partial charge in [-0.3, -0.25) is 9.78 Å². The van der Waals surface area contributed by atoms with Gasteiger partial charge >= 0.3 is 0 Å². The number of amides is 1. The molecular weight excluding hydrogens is 222 g/mol. The highest BCUT2D eigenvalue weighted by Gasteiger charge is 2.14. The maximum atomic E-state index is 11.5. The summed E-state index contributed by atoms with van der Waals surface area (Å²) in [5, 5.41) is 2.79. The maximum absolute atomic E-state index is 11.5. The molecule has 0 fully saturated rings. The molecule has 1 aromatic heterocycles. The van der Waals surface area contributed by atoms with Gasteiger partial charge in [-0.2, -0.15) is 0 Å². The number of aromatic nitrogens is 1. The van der Waals surface area contributed by atoms with Gasteiger partial charge in [0.15, 0.2) is 0 Å². The van der Waals surface area contributed by atoms with Crippen LogP contribution in [-0.4, -0.2) is 22.4 Å². The highest BCUT2D eigenvalue weighted by Crippen LogP contribution is 1.98. The van der Waals surface area contributed by atoms with E-state index in [0.29, 0.717) is 6.54 Å². The lowest BCUT2D eigenvalue weighted by atomic mass is 10.1. The zero-order chi connectivity index (χ0) is 12.0. The minimum atomic E-state index is -0.410. The van der Waals surface area contributed by atoms with Crippen LogP contribution in [0, 0.1) is 5.92 Å². The molecule has 1 heterocycles. The summed E-state index contributed by atoms with van der Waals surface area (Å²) in [4.78, 5) is 15.6. The molecular formula is C11H15N3OS. The Morgan fingerprint density at radius 1 is 1.56 bits per heavy atom. The van der Waals surface area contributed by atoms with E-state index >= 15 is 0 Å². The Hall–Kier alpha value is -1.49. The minimum absolute atomic E-state index is 0.124. The molecule has 1 unspecified atom stereocenters. The first-order valence-electron chi connectivity index (χ1n) is 5.07. The predicted octanol–water partition coefficient (Wildman–Crippen LogP) is 0.663. The average molecular weight is 237 g/mol. The van der Waals surface area contributed by atoms with Gasteiger partial charge in [-0.05, 0) is 31.0 Å². The third-order valence-corrected chi connectivity index (χ3v) is 2.64. The van der Waals surface area contributed by atoms with Crippen molar-refractivity contribution < 1.29 is 4.79 Å². The number of hydrogen-bond donors (Lipinski definition) is 2. The van der Waals surface area contributed by atoms with Crippen molar-refractivity contribution in [2.75, 3.05) is 6.54 Å². The SMILES string of the molecule is CC(C(=O)NCCc1ccncc1)C(N)=S. The van der Waals surface area contributed by atoms with Gasteiger partial charge in [0.2, 0.25) is 5.91 Å². The molecule has 1 rings (SSSR count). The summed E-state index contributed by atoms with van der Waals surface area (Å²) in [5.41, 5.74) is 6.52. The first kappa shape index (κ1) is 12.6. The largest absolute Gasteiger partial charge is 0.393 e. The topological polar surface area (TPSA) is 68.0 Å². The number of nitrogens with one attached hydrogen (secondary N) is 1. The van der Waals surface area contributed by atoms with Crippen molar-refractivity contribution in [3.05, 3.63) is 30.1 Å². The number of thiocarbonyl (C=S) groups is 1. The molecule has 0 radical (unpaired) electrons. The Morgan fingerprint density at radius 3 is 2.75 bits per heavy atom.